The molecule has 1 amide bonds. The second-order valence-corrected chi connectivity index (χ2v) is 5.15. The molecule has 1 heterocycles. The van der Waals surface area contributed by atoms with Crippen molar-refractivity contribution in [2.24, 2.45) is 4.99 Å². The second-order valence-electron chi connectivity index (χ2n) is 5.15. The first kappa shape index (κ1) is 13.0. The number of amidine groups is 1. The number of hydrogen-bond acceptors (Lipinski definition) is 3. The van der Waals surface area contributed by atoms with Crippen LogP contribution in [0.2, 0.25) is 0 Å². The molecule has 1 aromatic rings. The van der Waals surface area contributed by atoms with E-state index in [-0.39, 0.29) is 12.4 Å². The summed E-state index contributed by atoms with van der Waals surface area (Å²) in [6.07, 6.45) is -0.859. The molecule has 106 valence electrons. The maximum absolute atomic E-state index is 12.8. The first-order valence-corrected chi connectivity index (χ1v) is 6.49. The van der Waals surface area contributed by atoms with Gasteiger partial charge in [0, 0.05) is 12.0 Å². The second kappa shape index (κ2) is 4.85. The Bertz CT molecular complexity index is 541. The molecule has 6 heteroatoms. The van der Waals surface area contributed by atoms with Gasteiger partial charge in [-0.2, -0.15) is 0 Å². The molecule has 20 heavy (non-hydrogen) atoms. The summed E-state index contributed by atoms with van der Waals surface area (Å²) in [6, 6.07) is 7.32. The molecule has 1 aromatic carbocycles. The van der Waals surface area contributed by atoms with E-state index in [0.29, 0.717) is 5.56 Å². The number of carbonyl (C=O) groups is 1. The van der Waals surface area contributed by atoms with Gasteiger partial charge in [-0.25, -0.2) is 13.8 Å². The van der Waals surface area contributed by atoms with Crippen LogP contribution < -0.4 is 5.32 Å². The van der Waals surface area contributed by atoms with Gasteiger partial charge in [0.1, 0.15) is 11.6 Å². The summed E-state index contributed by atoms with van der Waals surface area (Å²) < 4.78 is 31.2. The maximum atomic E-state index is 12.8. The number of carbonyl (C=O) groups excluding carboxylic acids is 1. The summed E-state index contributed by atoms with van der Waals surface area (Å²) in [7, 11) is 0. The van der Waals surface area contributed by atoms with Crippen molar-refractivity contribution in [2.45, 2.75) is 37.3 Å². The molecule has 2 aliphatic rings. The number of hydrogen-bond donors (Lipinski definition) is 1. The number of alkyl halides is 2. The van der Waals surface area contributed by atoms with E-state index in [4.69, 9.17) is 4.74 Å². The van der Waals surface area contributed by atoms with Crippen molar-refractivity contribution in [3.63, 3.8) is 0 Å². The number of benzene rings is 1. The minimum atomic E-state index is -2.54. The van der Waals surface area contributed by atoms with Crippen LogP contribution in [-0.4, -0.2) is 30.0 Å². The van der Waals surface area contributed by atoms with E-state index < -0.39 is 24.0 Å². The number of halogens is 2. The van der Waals surface area contributed by atoms with Gasteiger partial charge in [0.05, 0.1) is 0 Å². The van der Waals surface area contributed by atoms with E-state index in [1.165, 1.54) is 0 Å². The molecule has 1 fully saturated rings. The monoisotopic (exact) mass is 280 g/mol. The molecule has 0 aromatic heterocycles. The fraction of sp³-hybridized carbons (Fsp3) is 0.429. The lowest BCUT2D eigenvalue weighted by Gasteiger charge is -2.28. The van der Waals surface area contributed by atoms with Crippen LogP contribution in [0.25, 0.3) is 0 Å². The van der Waals surface area contributed by atoms with E-state index in [1.807, 2.05) is 0 Å². The summed E-state index contributed by atoms with van der Waals surface area (Å²) in [5.74, 6) is -0.407. The lowest BCUT2D eigenvalue weighted by atomic mass is 10.1. The van der Waals surface area contributed by atoms with Crippen molar-refractivity contribution in [3.05, 3.63) is 35.9 Å². The summed E-state index contributed by atoms with van der Waals surface area (Å²) in [5, 5.41) is 2.47. The molecule has 1 spiro atoms. The van der Waals surface area contributed by atoms with Crippen LogP contribution in [-0.2, 0) is 4.74 Å². The normalized spacial score (nSPS) is 23.1. The number of aliphatic imine (C=N–C) groups is 1. The maximum Gasteiger partial charge on any atom is 0.292 e. The highest BCUT2D eigenvalue weighted by atomic mass is 19.3. The summed E-state index contributed by atoms with van der Waals surface area (Å²) in [4.78, 5) is 15.8. The smallest absolute Gasteiger partial charge is 0.292 e. The number of ether oxygens (including phenoxy) is 1. The molecule has 3 rings (SSSR count). The van der Waals surface area contributed by atoms with Crippen molar-refractivity contribution >= 4 is 11.9 Å². The number of rotatable bonds is 2. The van der Waals surface area contributed by atoms with Crippen LogP contribution in [0.15, 0.2) is 35.3 Å². The summed E-state index contributed by atoms with van der Waals surface area (Å²) in [5.41, 5.74) is -0.106. The van der Waals surface area contributed by atoms with Crippen LogP contribution >= 0.6 is 0 Å². The Morgan fingerprint density at radius 2 is 2.05 bits per heavy atom. The van der Waals surface area contributed by atoms with E-state index in [2.05, 4.69) is 10.3 Å². The van der Waals surface area contributed by atoms with Gasteiger partial charge in [-0.15, -0.1) is 0 Å². The fourth-order valence-corrected chi connectivity index (χ4v) is 2.26. The zero-order valence-corrected chi connectivity index (χ0v) is 10.7. The average Bonchev–Trinajstić information content (AvgIpc) is 3.18. The van der Waals surface area contributed by atoms with Crippen LogP contribution in [0.3, 0.4) is 0 Å². The zero-order chi connectivity index (χ0) is 14.2. The first-order valence-electron chi connectivity index (χ1n) is 6.49. The zero-order valence-electron chi connectivity index (χ0n) is 10.7. The van der Waals surface area contributed by atoms with Gasteiger partial charge in [-0.05, 0) is 25.0 Å². The van der Waals surface area contributed by atoms with E-state index in [1.54, 1.807) is 30.3 Å². The molecule has 1 saturated carbocycles. The van der Waals surface area contributed by atoms with Crippen molar-refractivity contribution in [3.8, 4) is 0 Å². The van der Waals surface area contributed by atoms with Gasteiger partial charge in [0.15, 0.2) is 0 Å². The molecule has 0 saturated heterocycles. The SMILES string of the molecule is O=C(NC1=N[C@H](C(F)F)CC2(CC2)O1)c1ccccc1. The van der Waals surface area contributed by atoms with Crippen molar-refractivity contribution in [1.29, 1.82) is 0 Å². The van der Waals surface area contributed by atoms with E-state index in [9.17, 15) is 13.6 Å². The quantitative estimate of drug-likeness (QED) is 0.904. The third-order valence-electron chi connectivity index (χ3n) is 3.53. The van der Waals surface area contributed by atoms with Crippen LogP contribution in [0, 0.1) is 0 Å². The minimum Gasteiger partial charge on any atom is -0.458 e. The Hall–Kier alpha value is -1.98. The predicted molar refractivity (Wildman–Crippen MR) is 68.8 cm³/mol. The van der Waals surface area contributed by atoms with Gasteiger partial charge in [0.2, 0.25) is 0 Å². The van der Waals surface area contributed by atoms with E-state index >= 15 is 0 Å². The summed E-state index contributed by atoms with van der Waals surface area (Å²) in [6.45, 7) is 0. The lowest BCUT2D eigenvalue weighted by molar-refractivity contribution is 0.0491. The molecule has 4 nitrogen and oxygen atoms in total. The molecule has 0 radical (unpaired) electrons. The Balaban J connectivity index is 1.74. The third kappa shape index (κ3) is 2.64. The van der Waals surface area contributed by atoms with Crippen molar-refractivity contribution in [2.75, 3.05) is 0 Å². The minimum absolute atomic E-state index is 0.0899. The molecular formula is C14H14F2N2O2. The molecule has 1 aliphatic carbocycles. The number of amides is 1. The topological polar surface area (TPSA) is 50.7 Å². The van der Waals surface area contributed by atoms with Crippen LogP contribution in [0.4, 0.5) is 8.78 Å². The Kier molecular flexibility index (Phi) is 3.16. The van der Waals surface area contributed by atoms with Gasteiger partial charge in [-0.1, -0.05) is 18.2 Å². The summed E-state index contributed by atoms with van der Waals surface area (Å²) >= 11 is 0. The highest BCUT2D eigenvalue weighted by Crippen LogP contribution is 2.46. The molecular weight excluding hydrogens is 266 g/mol. The highest BCUT2D eigenvalue weighted by Gasteiger charge is 2.52. The van der Waals surface area contributed by atoms with Crippen LogP contribution in [0.5, 0.6) is 0 Å². The lowest BCUT2D eigenvalue weighted by Crippen LogP contribution is -2.43. The molecule has 1 atom stereocenters. The van der Waals surface area contributed by atoms with Gasteiger partial charge >= 0.3 is 0 Å². The Labute approximate surface area is 114 Å². The van der Waals surface area contributed by atoms with Gasteiger partial charge in [0.25, 0.3) is 18.4 Å². The fourth-order valence-electron chi connectivity index (χ4n) is 2.26. The predicted octanol–water partition coefficient (Wildman–Crippen LogP) is 2.36. The largest absolute Gasteiger partial charge is 0.458 e. The van der Waals surface area contributed by atoms with Gasteiger partial charge < -0.3 is 4.74 Å². The molecule has 0 unspecified atom stereocenters. The number of nitrogens with zero attached hydrogens (tertiary/aromatic N) is 1. The third-order valence-corrected chi connectivity index (χ3v) is 3.53. The highest BCUT2D eigenvalue weighted by molar-refractivity contribution is 6.04. The number of nitrogens with one attached hydrogen (secondary N) is 1. The first-order chi connectivity index (χ1) is 9.58. The molecule has 1 N–H and O–H groups in total. The van der Waals surface area contributed by atoms with E-state index in [0.717, 1.165) is 12.8 Å². The Morgan fingerprint density at radius 3 is 2.65 bits per heavy atom. The molecule has 0 bridgehead atoms. The Morgan fingerprint density at radius 1 is 1.35 bits per heavy atom. The molecule has 1 aliphatic heterocycles. The average molecular weight is 280 g/mol. The van der Waals surface area contributed by atoms with Crippen LogP contribution in [0.1, 0.15) is 29.6 Å². The van der Waals surface area contributed by atoms with Crippen molar-refractivity contribution < 1.29 is 18.3 Å². The van der Waals surface area contributed by atoms with Crippen molar-refractivity contribution in [1.82, 2.24) is 5.32 Å². The van der Waals surface area contributed by atoms with Gasteiger partial charge in [-0.3, -0.25) is 10.1 Å². The standard InChI is InChI=1S/C14H14F2N2O2/c15-11(16)10-8-14(6-7-14)20-13(17-10)18-12(19)9-4-2-1-3-5-9/h1-5,10-11H,6-8H2,(H,17,18,19)/t10-/m0/s1.